The third-order valence-electron chi connectivity index (χ3n) is 4.26. The Bertz CT molecular complexity index is 509. The van der Waals surface area contributed by atoms with Crippen molar-refractivity contribution in [3.05, 3.63) is 34.6 Å². The molecule has 1 amide bonds. The zero-order valence-electron chi connectivity index (χ0n) is 12.5. The fourth-order valence-corrected chi connectivity index (χ4v) is 3.02. The molecule has 1 fully saturated rings. The van der Waals surface area contributed by atoms with Gasteiger partial charge >= 0.3 is 0 Å². The van der Waals surface area contributed by atoms with Gasteiger partial charge in [-0.05, 0) is 30.0 Å². The van der Waals surface area contributed by atoms with Crippen molar-refractivity contribution in [2.24, 2.45) is 5.92 Å². The Morgan fingerprint density at radius 1 is 1.52 bits per heavy atom. The van der Waals surface area contributed by atoms with E-state index >= 15 is 0 Å². The van der Waals surface area contributed by atoms with Crippen LogP contribution in [0, 0.1) is 11.7 Å². The highest BCUT2D eigenvalue weighted by molar-refractivity contribution is 6.30. The van der Waals surface area contributed by atoms with E-state index in [1.807, 2.05) is 11.0 Å². The molecule has 0 saturated carbocycles. The fourth-order valence-electron chi connectivity index (χ4n) is 2.90. The summed E-state index contributed by atoms with van der Waals surface area (Å²) < 4.78 is 13.4. The molecule has 2 rings (SSSR count). The summed E-state index contributed by atoms with van der Waals surface area (Å²) in [7, 11) is 0. The molecule has 1 N–H and O–H groups in total. The highest BCUT2D eigenvalue weighted by Crippen LogP contribution is 2.21. The minimum absolute atomic E-state index is 0.145. The number of hydrogen-bond acceptors (Lipinski definition) is 2. The summed E-state index contributed by atoms with van der Waals surface area (Å²) in [6.07, 6.45) is 1.96. The van der Waals surface area contributed by atoms with Crippen molar-refractivity contribution in [2.75, 3.05) is 13.1 Å². The zero-order valence-corrected chi connectivity index (χ0v) is 13.3. The van der Waals surface area contributed by atoms with Crippen LogP contribution in [0.4, 0.5) is 4.39 Å². The average molecular weight is 313 g/mol. The zero-order chi connectivity index (χ0) is 15.4. The molecule has 0 bridgehead atoms. The van der Waals surface area contributed by atoms with Crippen molar-refractivity contribution in [3.8, 4) is 0 Å². The van der Waals surface area contributed by atoms with Crippen LogP contribution in [0.5, 0.6) is 0 Å². The van der Waals surface area contributed by atoms with E-state index < -0.39 is 0 Å². The summed E-state index contributed by atoms with van der Waals surface area (Å²) in [5, 5.41) is 3.65. The monoisotopic (exact) mass is 312 g/mol. The molecule has 5 heteroatoms. The first-order valence-electron chi connectivity index (χ1n) is 7.44. The Hall–Kier alpha value is -1.13. The van der Waals surface area contributed by atoms with Crippen molar-refractivity contribution in [1.29, 1.82) is 0 Å². The predicted molar refractivity (Wildman–Crippen MR) is 82.7 cm³/mol. The van der Waals surface area contributed by atoms with Crippen molar-refractivity contribution < 1.29 is 9.18 Å². The highest BCUT2D eigenvalue weighted by Gasteiger charge is 2.28. The van der Waals surface area contributed by atoms with E-state index in [9.17, 15) is 9.18 Å². The van der Waals surface area contributed by atoms with Crippen molar-refractivity contribution in [2.45, 2.75) is 39.3 Å². The second-order valence-corrected chi connectivity index (χ2v) is 6.07. The quantitative estimate of drug-likeness (QED) is 0.926. The lowest BCUT2D eigenvalue weighted by atomic mass is 9.89. The molecule has 0 aliphatic carbocycles. The molecular weight excluding hydrogens is 291 g/mol. The van der Waals surface area contributed by atoms with E-state index in [0.29, 0.717) is 18.5 Å². The molecule has 1 aromatic carbocycles. The number of amides is 1. The summed E-state index contributed by atoms with van der Waals surface area (Å²) in [5.74, 6) is 0.209. The molecule has 1 aliphatic heterocycles. The number of hydrogen-bond donors (Lipinski definition) is 1. The standard InChI is InChI=1S/C16H22ClFN2O/c1-3-13-10-20(11(2)21)7-6-16(13)19-9-12-4-5-14(17)15(18)8-12/h4-5,8,13,16,19H,3,6-7,9-10H2,1-2H3/t13-,16+/m0/s1. The Kier molecular flexibility index (Phi) is 5.59. The second kappa shape index (κ2) is 7.23. The first-order valence-corrected chi connectivity index (χ1v) is 7.82. The van der Waals surface area contributed by atoms with Crippen LogP contribution in [0.3, 0.4) is 0 Å². The van der Waals surface area contributed by atoms with E-state index in [2.05, 4.69) is 12.2 Å². The number of rotatable bonds is 4. The van der Waals surface area contributed by atoms with E-state index in [-0.39, 0.29) is 16.7 Å². The van der Waals surface area contributed by atoms with Gasteiger partial charge in [0, 0.05) is 32.6 Å². The molecule has 1 saturated heterocycles. The topological polar surface area (TPSA) is 32.3 Å². The molecular formula is C16H22ClFN2O. The van der Waals surface area contributed by atoms with Crippen molar-refractivity contribution in [3.63, 3.8) is 0 Å². The number of carbonyl (C=O) groups is 1. The van der Waals surface area contributed by atoms with Crippen LogP contribution in [0.25, 0.3) is 0 Å². The first-order chi connectivity index (χ1) is 10.0. The lowest BCUT2D eigenvalue weighted by Crippen LogP contribution is -2.50. The van der Waals surface area contributed by atoms with Gasteiger partial charge in [-0.2, -0.15) is 0 Å². The van der Waals surface area contributed by atoms with Crippen LogP contribution in [0.15, 0.2) is 18.2 Å². The molecule has 2 atom stereocenters. The summed E-state index contributed by atoms with van der Waals surface area (Å²) in [6, 6.07) is 5.26. The first kappa shape index (κ1) is 16.2. The van der Waals surface area contributed by atoms with Gasteiger partial charge in [0.1, 0.15) is 5.82 Å². The molecule has 0 radical (unpaired) electrons. The summed E-state index contributed by atoms with van der Waals surface area (Å²) in [6.45, 7) is 5.98. The maximum atomic E-state index is 13.4. The smallest absolute Gasteiger partial charge is 0.219 e. The maximum absolute atomic E-state index is 13.4. The summed E-state index contributed by atoms with van der Waals surface area (Å²) >= 11 is 5.69. The SMILES string of the molecule is CC[C@H]1CN(C(C)=O)CC[C@H]1NCc1ccc(Cl)c(F)c1. The molecule has 0 spiro atoms. The normalized spacial score (nSPS) is 22.4. The minimum Gasteiger partial charge on any atom is -0.343 e. The number of nitrogens with zero attached hydrogens (tertiary/aromatic N) is 1. The molecule has 1 heterocycles. The number of benzene rings is 1. The average Bonchev–Trinajstić information content (AvgIpc) is 2.48. The van der Waals surface area contributed by atoms with Gasteiger partial charge in [0.15, 0.2) is 0 Å². The van der Waals surface area contributed by atoms with E-state index in [1.54, 1.807) is 13.0 Å². The maximum Gasteiger partial charge on any atom is 0.219 e. The van der Waals surface area contributed by atoms with E-state index in [4.69, 9.17) is 11.6 Å². The Labute approximate surface area is 130 Å². The van der Waals surface area contributed by atoms with Crippen molar-refractivity contribution in [1.82, 2.24) is 10.2 Å². The number of piperidine rings is 1. The Morgan fingerprint density at radius 2 is 2.29 bits per heavy atom. The minimum atomic E-state index is -0.380. The van der Waals surface area contributed by atoms with Crippen LogP contribution in [0.1, 0.15) is 32.3 Å². The number of nitrogens with one attached hydrogen (secondary N) is 1. The van der Waals surface area contributed by atoms with Gasteiger partial charge in [0.05, 0.1) is 5.02 Å². The second-order valence-electron chi connectivity index (χ2n) is 5.66. The van der Waals surface area contributed by atoms with Gasteiger partial charge in [-0.3, -0.25) is 4.79 Å². The third-order valence-corrected chi connectivity index (χ3v) is 4.56. The molecule has 21 heavy (non-hydrogen) atoms. The Morgan fingerprint density at radius 3 is 2.90 bits per heavy atom. The van der Waals surface area contributed by atoms with E-state index in [0.717, 1.165) is 31.5 Å². The summed E-state index contributed by atoms with van der Waals surface area (Å²) in [4.78, 5) is 13.4. The van der Waals surface area contributed by atoms with Crippen LogP contribution in [0.2, 0.25) is 5.02 Å². The highest BCUT2D eigenvalue weighted by atomic mass is 35.5. The van der Waals surface area contributed by atoms with Gasteiger partial charge in [-0.1, -0.05) is 31.0 Å². The fraction of sp³-hybridized carbons (Fsp3) is 0.562. The third kappa shape index (κ3) is 4.17. The number of likely N-dealkylation sites (tertiary alicyclic amines) is 1. The van der Waals surface area contributed by atoms with E-state index in [1.165, 1.54) is 6.07 Å². The molecule has 116 valence electrons. The largest absolute Gasteiger partial charge is 0.343 e. The van der Waals surface area contributed by atoms with Crippen molar-refractivity contribution >= 4 is 17.5 Å². The summed E-state index contributed by atoms with van der Waals surface area (Å²) in [5.41, 5.74) is 0.890. The molecule has 1 aliphatic rings. The van der Waals surface area contributed by atoms with Crippen LogP contribution in [-0.2, 0) is 11.3 Å². The molecule has 1 aromatic rings. The van der Waals surface area contributed by atoms with Gasteiger partial charge in [-0.15, -0.1) is 0 Å². The van der Waals surface area contributed by atoms with Gasteiger partial charge < -0.3 is 10.2 Å². The van der Waals surface area contributed by atoms with Crippen LogP contribution >= 0.6 is 11.6 Å². The Balaban J connectivity index is 1.93. The van der Waals surface area contributed by atoms with Crippen LogP contribution in [-0.4, -0.2) is 29.9 Å². The predicted octanol–water partition coefficient (Wildman–Crippen LogP) is 3.22. The molecule has 0 unspecified atom stereocenters. The number of carbonyl (C=O) groups excluding carboxylic acids is 1. The van der Waals surface area contributed by atoms with Gasteiger partial charge in [0.2, 0.25) is 5.91 Å². The molecule has 3 nitrogen and oxygen atoms in total. The number of halogens is 2. The molecule has 0 aromatic heterocycles. The van der Waals surface area contributed by atoms with Gasteiger partial charge in [-0.25, -0.2) is 4.39 Å². The van der Waals surface area contributed by atoms with Crippen LogP contribution < -0.4 is 5.32 Å². The lowest BCUT2D eigenvalue weighted by molar-refractivity contribution is -0.131. The van der Waals surface area contributed by atoms with Gasteiger partial charge in [0.25, 0.3) is 0 Å². The lowest BCUT2D eigenvalue weighted by Gasteiger charge is -2.38.